The van der Waals surface area contributed by atoms with Gasteiger partial charge in [0.05, 0.1) is 0 Å². The van der Waals surface area contributed by atoms with E-state index in [9.17, 15) is 26.4 Å². The molecule has 4 rings (SSSR count). The van der Waals surface area contributed by atoms with Gasteiger partial charge in [0.2, 0.25) is 0 Å². The van der Waals surface area contributed by atoms with E-state index < -0.39 is 21.0 Å². The highest BCUT2D eigenvalue weighted by molar-refractivity contribution is 7.87. The highest BCUT2D eigenvalue weighted by atomic mass is 32.2. The molecule has 0 aromatic carbocycles. The first kappa shape index (κ1) is 22.7. The summed E-state index contributed by atoms with van der Waals surface area (Å²) >= 11 is 0. The molecule has 0 radical (unpaired) electrons. The second-order valence-corrected chi connectivity index (χ2v) is 11.5. The Hall–Kier alpha value is -1.51. The summed E-state index contributed by atoms with van der Waals surface area (Å²) in [5.41, 5.74) is -4.90. The number of hydrogen-bond donors (Lipinski definition) is 0. The zero-order chi connectivity index (χ0) is 22.8. The Morgan fingerprint density at radius 1 is 1.10 bits per heavy atom. The summed E-state index contributed by atoms with van der Waals surface area (Å²) in [6.45, 7) is 5.48. The van der Waals surface area contributed by atoms with Crippen LogP contribution in [0, 0.1) is 28.6 Å². The molecule has 0 heterocycles. The van der Waals surface area contributed by atoms with Gasteiger partial charge < -0.3 is 8.92 Å². The fourth-order valence-corrected chi connectivity index (χ4v) is 7.47. The summed E-state index contributed by atoms with van der Waals surface area (Å²) in [5, 5.41) is 0. The summed E-state index contributed by atoms with van der Waals surface area (Å²) in [4.78, 5) is 11.5. The molecule has 4 aliphatic carbocycles. The Morgan fingerprint density at radius 2 is 1.81 bits per heavy atom. The number of fused-ring (bicyclic) bond motifs is 5. The predicted octanol–water partition coefficient (Wildman–Crippen LogP) is 5.24. The molecule has 0 aromatic heterocycles. The van der Waals surface area contributed by atoms with Gasteiger partial charge in [-0.1, -0.05) is 25.5 Å². The van der Waals surface area contributed by atoms with E-state index in [0.29, 0.717) is 18.8 Å². The van der Waals surface area contributed by atoms with Crippen molar-refractivity contribution in [3.05, 3.63) is 23.5 Å². The molecule has 2 fully saturated rings. The predicted molar refractivity (Wildman–Crippen MR) is 107 cm³/mol. The Morgan fingerprint density at radius 3 is 2.45 bits per heavy atom. The van der Waals surface area contributed by atoms with Gasteiger partial charge in [0.25, 0.3) is 0 Å². The standard InChI is InChI=1S/C22H29F3O5S/c1-13(26)29-15-6-4-14-5-7-16-17-8-9-19(30-31(27,28)22(23,24)25)20(17,2)11-10-18(16)21(14,3)12-15/h5,9,15-18H,4,6-8,10-12H2,1-3H3/t15?,16-,17-,18-,20-,21-/m0/s1. The molecule has 0 bridgehead atoms. The third-order valence-corrected chi connectivity index (χ3v) is 9.30. The largest absolute Gasteiger partial charge is 0.534 e. The highest BCUT2D eigenvalue weighted by Gasteiger charge is 2.59. The molecule has 174 valence electrons. The molecule has 6 atom stereocenters. The van der Waals surface area contributed by atoms with E-state index in [1.807, 2.05) is 6.92 Å². The van der Waals surface area contributed by atoms with E-state index in [0.717, 1.165) is 32.1 Å². The van der Waals surface area contributed by atoms with Crippen LogP contribution in [0.15, 0.2) is 23.5 Å². The minimum Gasteiger partial charge on any atom is -0.463 e. The molecule has 0 N–H and O–H groups in total. The van der Waals surface area contributed by atoms with Crippen LogP contribution >= 0.6 is 0 Å². The molecule has 9 heteroatoms. The molecule has 0 saturated heterocycles. The number of halogens is 3. The van der Waals surface area contributed by atoms with Gasteiger partial charge in [-0.05, 0) is 74.2 Å². The third-order valence-electron chi connectivity index (χ3n) is 8.34. The smallest absolute Gasteiger partial charge is 0.463 e. The second-order valence-electron chi connectivity index (χ2n) is 9.98. The van der Waals surface area contributed by atoms with Crippen LogP contribution < -0.4 is 0 Å². The van der Waals surface area contributed by atoms with Crippen LogP contribution in [0.3, 0.4) is 0 Å². The average molecular weight is 463 g/mol. The van der Waals surface area contributed by atoms with Crippen LogP contribution in [0.2, 0.25) is 0 Å². The minimum atomic E-state index is -5.68. The topological polar surface area (TPSA) is 69.7 Å². The van der Waals surface area contributed by atoms with Crippen molar-refractivity contribution < 1.29 is 35.3 Å². The van der Waals surface area contributed by atoms with E-state index in [-0.39, 0.29) is 35.1 Å². The van der Waals surface area contributed by atoms with Crippen molar-refractivity contribution in [2.45, 2.75) is 77.3 Å². The molecule has 4 aliphatic rings. The van der Waals surface area contributed by atoms with Crippen molar-refractivity contribution in [2.24, 2.45) is 28.6 Å². The highest BCUT2D eigenvalue weighted by Crippen LogP contribution is 2.65. The van der Waals surface area contributed by atoms with Gasteiger partial charge in [-0.2, -0.15) is 21.6 Å². The van der Waals surface area contributed by atoms with Crippen molar-refractivity contribution in [2.75, 3.05) is 0 Å². The van der Waals surface area contributed by atoms with Gasteiger partial charge in [0, 0.05) is 12.3 Å². The lowest BCUT2D eigenvalue weighted by atomic mass is 9.48. The zero-order valence-corrected chi connectivity index (χ0v) is 18.8. The van der Waals surface area contributed by atoms with Crippen molar-refractivity contribution in [3.8, 4) is 0 Å². The Bertz CT molecular complexity index is 937. The summed E-state index contributed by atoms with van der Waals surface area (Å²) in [6, 6.07) is 0. The second kappa shape index (κ2) is 7.25. The number of carbonyl (C=O) groups is 1. The monoisotopic (exact) mass is 462 g/mol. The van der Waals surface area contributed by atoms with Crippen LogP contribution in [-0.2, 0) is 23.8 Å². The lowest BCUT2D eigenvalue weighted by Crippen LogP contribution is -2.51. The lowest BCUT2D eigenvalue weighted by Gasteiger charge is -2.57. The molecule has 0 aliphatic heterocycles. The summed E-state index contributed by atoms with van der Waals surface area (Å²) in [6.07, 6.45) is 8.82. The molecule has 0 aromatic rings. The van der Waals surface area contributed by atoms with Crippen molar-refractivity contribution >= 4 is 16.1 Å². The Labute approximate surface area is 181 Å². The molecule has 0 amide bonds. The molecule has 0 spiro atoms. The number of carbonyl (C=O) groups excluding carboxylic acids is 1. The molecule has 31 heavy (non-hydrogen) atoms. The first-order valence-corrected chi connectivity index (χ1v) is 12.3. The molecular formula is C22H29F3O5S. The maximum Gasteiger partial charge on any atom is 0.534 e. The number of alkyl halides is 3. The van der Waals surface area contributed by atoms with E-state index in [2.05, 4.69) is 17.2 Å². The van der Waals surface area contributed by atoms with Crippen LogP contribution in [-0.4, -0.2) is 26.0 Å². The van der Waals surface area contributed by atoms with Gasteiger partial charge >= 0.3 is 21.6 Å². The molecule has 1 unspecified atom stereocenters. The molecule has 2 saturated carbocycles. The first-order valence-electron chi connectivity index (χ1n) is 10.9. The number of ether oxygens (including phenoxy) is 1. The van der Waals surface area contributed by atoms with Crippen LogP contribution in [0.1, 0.15) is 65.7 Å². The zero-order valence-electron chi connectivity index (χ0n) is 18.0. The van der Waals surface area contributed by atoms with Crippen molar-refractivity contribution in [1.29, 1.82) is 0 Å². The van der Waals surface area contributed by atoms with E-state index in [4.69, 9.17) is 4.74 Å². The quantitative estimate of drug-likeness (QED) is 0.248. The first-order chi connectivity index (χ1) is 14.3. The van der Waals surface area contributed by atoms with Gasteiger partial charge in [0.15, 0.2) is 0 Å². The fourth-order valence-electron chi connectivity index (χ4n) is 6.88. The number of rotatable bonds is 3. The SMILES string of the molecule is CC(=O)OC1CCC2=CC[C@@H]3[C@H](CC[C@]4(C)C(OS(=O)(=O)C(F)(F)F)=CC[C@@H]34)[C@@]2(C)C1. The number of allylic oxidation sites excluding steroid dienone is 4. The van der Waals surface area contributed by atoms with Crippen molar-refractivity contribution in [3.63, 3.8) is 0 Å². The number of hydrogen-bond acceptors (Lipinski definition) is 5. The van der Waals surface area contributed by atoms with Gasteiger partial charge in [-0.3, -0.25) is 4.79 Å². The summed E-state index contributed by atoms with van der Waals surface area (Å²) in [5.74, 6) is 0.214. The normalized spacial score (nSPS) is 40.1. The van der Waals surface area contributed by atoms with Gasteiger partial charge in [0.1, 0.15) is 11.9 Å². The molecule has 5 nitrogen and oxygen atoms in total. The van der Waals surface area contributed by atoms with Crippen LogP contribution in [0.5, 0.6) is 0 Å². The van der Waals surface area contributed by atoms with Crippen LogP contribution in [0.4, 0.5) is 13.2 Å². The lowest BCUT2D eigenvalue weighted by molar-refractivity contribution is -0.150. The maximum absolute atomic E-state index is 12.9. The minimum absolute atomic E-state index is 0.0217. The van der Waals surface area contributed by atoms with E-state index in [1.165, 1.54) is 12.5 Å². The summed E-state index contributed by atoms with van der Waals surface area (Å²) < 4.78 is 72.1. The van der Waals surface area contributed by atoms with Gasteiger partial charge in [-0.15, -0.1) is 0 Å². The average Bonchev–Trinajstić information content (AvgIpc) is 2.95. The number of esters is 1. The van der Waals surface area contributed by atoms with Crippen molar-refractivity contribution in [1.82, 2.24) is 0 Å². The Kier molecular flexibility index (Phi) is 5.30. The van der Waals surface area contributed by atoms with E-state index >= 15 is 0 Å². The fraction of sp³-hybridized carbons (Fsp3) is 0.773. The van der Waals surface area contributed by atoms with Gasteiger partial charge in [-0.25, -0.2) is 0 Å². The third kappa shape index (κ3) is 3.60. The van der Waals surface area contributed by atoms with E-state index in [1.54, 1.807) is 6.08 Å². The summed E-state index contributed by atoms with van der Waals surface area (Å²) in [7, 11) is -5.68. The Balaban J connectivity index is 1.57. The van der Waals surface area contributed by atoms with Crippen LogP contribution in [0.25, 0.3) is 0 Å². The molecular weight excluding hydrogens is 433 g/mol. The maximum atomic E-state index is 12.9.